The van der Waals surface area contributed by atoms with Gasteiger partial charge in [0.05, 0.1) is 5.69 Å². The van der Waals surface area contributed by atoms with E-state index in [0.717, 1.165) is 16.5 Å². The van der Waals surface area contributed by atoms with Crippen molar-refractivity contribution in [3.05, 3.63) is 28.1 Å². The smallest absolute Gasteiger partial charge is 0.266 e. The van der Waals surface area contributed by atoms with Gasteiger partial charge in [0.1, 0.15) is 4.88 Å². The van der Waals surface area contributed by atoms with Gasteiger partial charge in [-0.2, -0.15) is 0 Å². The van der Waals surface area contributed by atoms with Crippen LogP contribution in [-0.2, 0) is 0 Å². The third kappa shape index (κ3) is 2.63. The Morgan fingerprint density at radius 1 is 1.45 bits per heavy atom. The largest absolute Gasteiger partial charge is 0.397 e. The summed E-state index contributed by atoms with van der Waals surface area (Å²) in [6.45, 7) is 6.81. The molecule has 2 rings (SSSR count). The molecule has 1 unspecified atom stereocenters. The number of nitrogens with zero attached hydrogens (tertiary/aromatic N) is 1. The van der Waals surface area contributed by atoms with Gasteiger partial charge in [-0.3, -0.25) is 4.79 Å². The minimum Gasteiger partial charge on any atom is -0.397 e. The molecule has 1 heterocycles. The van der Waals surface area contributed by atoms with Gasteiger partial charge in [-0.1, -0.05) is 18.5 Å². The molecule has 0 bridgehead atoms. The van der Waals surface area contributed by atoms with E-state index in [2.05, 4.69) is 13.8 Å². The Kier molecular flexibility index (Phi) is 4.55. The van der Waals surface area contributed by atoms with Gasteiger partial charge in [0, 0.05) is 27.7 Å². The van der Waals surface area contributed by atoms with E-state index in [-0.39, 0.29) is 11.9 Å². The summed E-state index contributed by atoms with van der Waals surface area (Å²) in [5.41, 5.74) is 6.71. The lowest BCUT2D eigenvalue weighted by molar-refractivity contribution is 0.0706. The van der Waals surface area contributed by atoms with Crippen LogP contribution in [0.5, 0.6) is 0 Å². The highest BCUT2D eigenvalue weighted by molar-refractivity contribution is 7.21. The number of hydrogen-bond donors (Lipinski definition) is 1. The Morgan fingerprint density at radius 2 is 2.15 bits per heavy atom. The number of halogens is 1. The highest BCUT2D eigenvalue weighted by atomic mass is 35.5. The molecule has 108 valence electrons. The van der Waals surface area contributed by atoms with Crippen molar-refractivity contribution in [1.82, 2.24) is 4.90 Å². The van der Waals surface area contributed by atoms with E-state index in [9.17, 15) is 4.79 Å². The first-order chi connectivity index (χ1) is 9.49. The van der Waals surface area contributed by atoms with Crippen LogP contribution in [0.1, 0.15) is 36.9 Å². The summed E-state index contributed by atoms with van der Waals surface area (Å²) in [6.07, 6.45) is 0.927. The van der Waals surface area contributed by atoms with Crippen molar-refractivity contribution < 1.29 is 4.79 Å². The number of hydrogen-bond acceptors (Lipinski definition) is 3. The van der Waals surface area contributed by atoms with Crippen LogP contribution in [-0.4, -0.2) is 23.4 Å². The van der Waals surface area contributed by atoms with Crippen molar-refractivity contribution in [3.63, 3.8) is 0 Å². The van der Waals surface area contributed by atoms with Crippen LogP contribution >= 0.6 is 22.9 Å². The number of amides is 1. The Balaban J connectivity index is 2.46. The maximum atomic E-state index is 12.7. The molecule has 0 saturated heterocycles. The molecule has 0 fully saturated rings. The predicted molar refractivity (Wildman–Crippen MR) is 87.7 cm³/mol. The summed E-state index contributed by atoms with van der Waals surface area (Å²) in [7, 11) is 0. The second-order valence-corrected chi connectivity index (χ2v) is 6.32. The van der Waals surface area contributed by atoms with E-state index in [1.54, 1.807) is 6.07 Å². The standard InChI is InChI=1S/C15H19ClN2OS/c1-4-9(3)18(5-2)15(19)14-13(17)11-7-6-10(16)8-12(11)20-14/h6-9H,4-5,17H2,1-3H3. The second-order valence-electron chi connectivity index (χ2n) is 4.83. The summed E-state index contributed by atoms with van der Waals surface area (Å²) in [5.74, 6) is 0.0108. The average Bonchev–Trinajstić information content (AvgIpc) is 2.75. The zero-order chi connectivity index (χ0) is 14.9. The van der Waals surface area contributed by atoms with Crippen molar-refractivity contribution in [2.75, 3.05) is 12.3 Å². The normalized spacial score (nSPS) is 12.6. The molecule has 0 spiro atoms. The van der Waals surface area contributed by atoms with E-state index >= 15 is 0 Å². The van der Waals surface area contributed by atoms with Crippen LogP contribution in [0.25, 0.3) is 10.1 Å². The third-order valence-electron chi connectivity index (χ3n) is 3.61. The van der Waals surface area contributed by atoms with Gasteiger partial charge in [0.15, 0.2) is 0 Å². The van der Waals surface area contributed by atoms with Crippen LogP contribution in [0.4, 0.5) is 5.69 Å². The first-order valence-corrected chi connectivity index (χ1v) is 7.97. The molecule has 5 heteroatoms. The third-order valence-corrected chi connectivity index (χ3v) is 5.00. The van der Waals surface area contributed by atoms with Gasteiger partial charge in [0.2, 0.25) is 0 Å². The minimum atomic E-state index is 0.0108. The fourth-order valence-corrected chi connectivity index (χ4v) is 3.61. The molecule has 3 nitrogen and oxygen atoms in total. The van der Waals surface area contributed by atoms with E-state index in [1.165, 1.54) is 11.3 Å². The average molecular weight is 311 g/mol. The lowest BCUT2D eigenvalue weighted by Gasteiger charge is -2.26. The van der Waals surface area contributed by atoms with Crippen LogP contribution in [0.3, 0.4) is 0 Å². The number of thiophene rings is 1. The highest BCUT2D eigenvalue weighted by Crippen LogP contribution is 2.36. The molecule has 2 N–H and O–H groups in total. The molecule has 1 amide bonds. The fraction of sp³-hybridized carbons (Fsp3) is 0.400. The van der Waals surface area contributed by atoms with Gasteiger partial charge in [-0.05, 0) is 38.5 Å². The fourth-order valence-electron chi connectivity index (χ4n) is 2.26. The molecular weight excluding hydrogens is 292 g/mol. The monoisotopic (exact) mass is 310 g/mol. The molecule has 0 aliphatic carbocycles. The number of fused-ring (bicyclic) bond motifs is 1. The molecular formula is C15H19ClN2OS. The van der Waals surface area contributed by atoms with Gasteiger partial charge >= 0.3 is 0 Å². The van der Waals surface area contributed by atoms with Crippen molar-refractivity contribution in [1.29, 1.82) is 0 Å². The lowest BCUT2D eigenvalue weighted by atomic mass is 10.2. The molecule has 1 aromatic carbocycles. The second kappa shape index (κ2) is 6.02. The lowest BCUT2D eigenvalue weighted by Crippen LogP contribution is -2.37. The van der Waals surface area contributed by atoms with Crippen LogP contribution in [0.15, 0.2) is 18.2 Å². The summed E-state index contributed by atoms with van der Waals surface area (Å²) >= 11 is 7.41. The molecule has 20 heavy (non-hydrogen) atoms. The molecule has 0 saturated carbocycles. The van der Waals surface area contributed by atoms with Crippen molar-refractivity contribution >= 4 is 44.6 Å². The maximum absolute atomic E-state index is 12.7. The first-order valence-electron chi connectivity index (χ1n) is 6.78. The Labute approximate surface area is 128 Å². The van der Waals surface area contributed by atoms with Crippen LogP contribution < -0.4 is 5.73 Å². The van der Waals surface area contributed by atoms with Crippen molar-refractivity contribution in [2.45, 2.75) is 33.2 Å². The van der Waals surface area contributed by atoms with E-state index in [4.69, 9.17) is 17.3 Å². The topological polar surface area (TPSA) is 46.3 Å². The Bertz CT molecular complexity index is 638. The Hall–Kier alpha value is -1.26. The van der Waals surface area contributed by atoms with Crippen LogP contribution in [0.2, 0.25) is 5.02 Å². The molecule has 1 atom stereocenters. The predicted octanol–water partition coefficient (Wildman–Crippen LogP) is 4.40. The number of nitrogen functional groups attached to an aromatic ring is 1. The van der Waals surface area contributed by atoms with Gasteiger partial charge < -0.3 is 10.6 Å². The minimum absolute atomic E-state index is 0.0108. The SMILES string of the molecule is CCC(C)N(CC)C(=O)c1sc2cc(Cl)ccc2c1N. The van der Waals surface area contributed by atoms with Gasteiger partial charge in [-0.15, -0.1) is 11.3 Å². The van der Waals surface area contributed by atoms with E-state index < -0.39 is 0 Å². The molecule has 0 aliphatic rings. The molecule has 0 radical (unpaired) electrons. The molecule has 0 aliphatic heterocycles. The summed E-state index contributed by atoms with van der Waals surface area (Å²) < 4.78 is 0.957. The van der Waals surface area contributed by atoms with Gasteiger partial charge in [-0.25, -0.2) is 0 Å². The maximum Gasteiger partial charge on any atom is 0.266 e. The van der Waals surface area contributed by atoms with E-state index in [0.29, 0.717) is 22.1 Å². The molecule has 1 aromatic heterocycles. The number of rotatable bonds is 4. The summed E-state index contributed by atoms with van der Waals surface area (Å²) in [4.78, 5) is 15.2. The zero-order valence-electron chi connectivity index (χ0n) is 11.9. The van der Waals surface area contributed by atoms with E-state index in [1.807, 2.05) is 24.0 Å². The number of anilines is 1. The number of carbonyl (C=O) groups is 1. The number of carbonyl (C=O) groups excluding carboxylic acids is 1. The Morgan fingerprint density at radius 3 is 2.75 bits per heavy atom. The quantitative estimate of drug-likeness (QED) is 0.910. The van der Waals surface area contributed by atoms with Crippen LogP contribution in [0, 0.1) is 0 Å². The van der Waals surface area contributed by atoms with Gasteiger partial charge in [0.25, 0.3) is 5.91 Å². The molecule has 2 aromatic rings. The summed E-state index contributed by atoms with van der Waals surface area (Å²) in [6, 6.07) is 5.74. The van der Waals surface area contributed by atoms with Crippen molar-refractivity contribution in [2.24, 2.45) is 0 Å². The highest BCUT2D eigenvalue weighted by Gasteiger charge is 2.23. The zero-order valence-corrected chi connectivity index (χ0v) is 13.5. The summed E-state index contributed by atoms with van der Waals surface area (Å²) in [5, 5.41) is 1.56. The number of nitrogens with two attached hydrogens (primary N) is 1. The van der Waals surface area contributed by atoms with Crippen molar-refractivity contribution in [3.8, 4) is 0 Å². The number of benzene rings is 1. The first kappa shape index (κ1) is 15.1.